The van der Waals surface area contributed by atoms with Crippen molar-refractivity contribution >= 4 is 0 Å². The number of phenols is 4. The molecule has 0 saturated carbocycles. The normalized spacial score (nSPS) is 13.1. The highest BCUT2D eigenvalue weighted by molar-refractivity contribution is 5.63. The molecule has 0 aliphatic rings. The fraction of sp³-hybridized carbons (Fsp3) is 0.510. The van der Waals surface area contributed by atoms with Gasteiger partial charge in [-0.1, -0.05) is 114 Å². The van der Waals surface area contributed by atoms with E-state index in [1.165, 1.54) is 5.56 Å². The Labute approximate surface area is 321 Å². The molecule has 0 spiro atoms. The van der Waals surface area contributed by atoms with Gasteiger partial charge in [0, 0.05) is 5.41 Å². The maximum atomic E-state index is 11.4. The first kappa shape index (κ1) is 41.8. The van der Waals surface area contributed by atoms with Crippen molar-refractivity contribution in [1.82, 2.24) is 0 Å². The SMILES string of the molecule is Cc1cc(O)c(C(C)(C)C)cc1CCCCC(c1cc(C(C)(C)C)c(O)cc1C)(c1cc(C(C)(C)C)c(O)cc1C)c1cc(C(C)(C)C)c(O)cc1C. The van der Waals surface area contributed by atoms with Gasteiger partial charge in [0.05, 0.1) is 0 Å². The average molecular weight is 721 g/mol. The summed E-state index contributed by atoms with van der Waals surface area (Å²) >= 11 is 0. The molecule has 0 bridgehead atoms. The molecule has 4 nitrogen and oxygen atoms in total. The van der Waals surface area contributed by atoms with Crippen LogP contribution in [0.25, 0.3) is 0 Å². The van der Waals surface area contributed by atoms with Gasteiger partial charge in [-0.3, -0.25) is 0 Å². The van der Waals surface area contributed by atoms with Gasteiger partial charge in [-0.05, 0) is 160 Å². The van der Waals surface area contributed by atoms with E-state index in [0.717, 1.165) is 86.9 Å². The lowest BCUT2D eigenvalue weighted by Crippen LogP contribution is -2.34. The maximum absolute atomic E-state index is 11.4. The number of unbranched alkanes of at least 4 members (excludes halogenated alkanes) is 1. The van der Waals surface area contributed by atoms with Crippen molar-refractivity contribution in [3.8, 4) is 23.0 Å². The summed E-state index contributed by atoms with van der Waals surface area (Å²) in [7, 11) is 0. The summed E-state index contributed by atoms with van der Waals surface area (Å²) in [6.45, 7) is 34.1. The van der Waals surface area contributed by atoms with Gasteiger partial charge in [0.15, 0.2) is 0 Å². The minimum Gasteiger partial charge on any atom is -0.508 e. The highest BCUT2D eigenvalue weighted by Gasteiger charge is 2.42. The molecule has 53 heavy (non-hydrogen) atoms. The molecular formula is C49H68O4. The molecule has 0 fully saturated rings. The molecule has 0 heterocycles. The molecule has 0 amide bonds. The highest BCUT2D eigenvalue weighted by atomic mass is 16.3. The summed E-state index contributed by atoms with van der Waals surface area (Å²) in [6.07, 6.45) is 3.44. The van der Waals surface area contributed by atoms with Crippen molar-refractivity contribution in [2.24, 2.45) is 0 Å². The van der Waals surface area contributed by atoms with E-state index >= 15 is 0 Å². The summed E-state index contributed by atoms with van der Waals surface area (Å²) in [5, 5.41) is 45.1. The van der Waals surface area contributed by atoms with E-state index in [1.54, 1.807) is 0 Å². The molecule has 0 radical (unpaired) electrons. The Hall–Kier alpha value is -3.92. The monoisotopic (exact) mass is 721 g/mol. The van der Waals surface area contributed by atoms with Gasteiger partial charge in [0.1, 0.15) is 23.0 Å². The van der Waals surface area contributed by atoms with Gasteiger partial charge < -0.3 is 20.4 Å². The average Bonchev–Trinajstić information content (AvgIpc) is 2.96. The van der Waals surface area contributed by atoms with Crippen molar-refractivity contribution < 1.29 is 20.4 Å². The molecule has 4 rings (SSSR count). The van der Waals surface area contributed by atoms with Crippen molar-refractivity contribution in [2.75, 3.05) is 0 Å². The van der Waals surface area contributed by atoms with Crippen molar-refractivity contribution in [2.45, 2.75) is 164 Å². The Morgan fingerprint density at radius 1 is 0.358 bits per heavy atom. The summed E-state index contributed by atoms with van der Waals surface area (Å²) in [4.78, 5) is 0. The van der Waals surface area contributed by atoms with Crippen LogP contribution in [0.4, 0.5) is 0 Å². The molecule has 4 heteroatoms. The lowest BCUT2D eigenvalue weighted by Gasteiger charge is -2.42. The molecule has 0 unspecified atom stereocenters. The Bertz CT molecular complexity index is 1820. The number of aromatic hydroxyl groups is 4. The van der Waals surface area contributed by atoms with Crippen LogP contribution in [0.5, 0.6) is 23.0 Å². The molecule has 4 N–H and O–H groups in total. The van der Waals surface area contributed by atoms with E-state index in [1.807, 2.05) is 24.3 Å². The number of benzene rings is 4. The molecule has 4 aromatic rings. The smallest absolute Gasteiger partial charge is 0.119 e. The topological polar surface area (TPSA) is 80.9 Å². The first-order chi connectivity index (χ1) is 24.1. The number of rotatable bonds is 8. The van der Waals surface area contributed by atoms with Crippen LogP contribution in [0.1, 0.15) is 169 Å². The Morgan fingerprint density at radius 2 is 0.642 bits per heavy atom. The number of hydrogen-bond donors (Lipinski definition) is 4. The van der Waals surface area contributed by atoms with E-state index in [0.29, 0.717) is 23.0 Å². The third-order valence-electron chi connectivity index (χ3n) is 11.3. The third kappa shape index (κ3) is 8.43. The largest absolute Gasteiger partial charge is 0.508 e. The first-order valence-corrected chi connectivity index (χ1v) is 19.5. The van der Waals surface area contributed by atoms with Gasteiger partial charge in [-0.15, -0.1) is 0 Å². The van der Waals surface area contributed by atoms with Crippen LogP contribution in [0.2, 0.25) is 0 Å². The van der Waals surface area contributed by atoms with E-state index in [2.05, 4.69) is 135 Å². The molecule has 0 atom stereocenters. The quantitative estimate of drug-likeness (QED) is 0.108. The predicted octanol–water partition coefficient (Wildman–Crippen LogP) is 12.7. The Kier molecular flexibility index (Phi) is 11.4. The molecule has 288 valence electrons. The fourth-order valence-electron chi connectivity index (χ4n) is 8.41. The summed E-state index contributed by atoms with van der Waals surface area (Å²) in [5.74, 6) is 1.23. The summed E-state index contributed by atoms with van der Waals surface area (Å²) in [6, 6.07) is 16.6. The molecule has 0 aromatic heterocycles. The van der Waals surface area contributed by atoms with Crippen LogP contribution in [0.15, 0.2) is 48.5 Å². The predicted molar refractivity (Wildman–Crippen MR) is 224 cm³/mol. The van der Waals surface area contributed by atoms with Crippen LogP contribution in [-0.4, -0.2) is 20.4 Å². The number of phenolic OH excluding ortho intramolecular Hbond substituents is 4. The summed E-state index contributed by atoms with van der Waals surface area (Å²) < 4.78 is 0. The van der Waals surface area contributed by atoms with Gasteiger partial charge in [-0.25, -0.2) is 0 Å². The van der Waals surface area contributed by atoms with Gasteiger partial charge in [0.25, 0.3) is 0 Å². The van der Waals surface area contributed by atoms with E-state index in [-0.39, 0.29) is 21.7 Å². The van der Waals surface area contributed by atoms with Crippen LogP contribution in [0.3, 0.4) is 0 Å². The standard InChI is InChI=1S/C49H68O4/c1-29-21-41(50)37(45(5,6)7)25-33(29)19-17-18-20-49(34-26-38(46(8,9)10)42(51)22-30(34)2,35-27-39(47(11,12)13)43(52)23-31(35)3)36-28-40(48(14,15)16)44(53)24-32(36)4/h21-28,50-53H,17-20H2,1-16H3. The van der Waals surface area contributed by atoms with Gasteiger partial charge in [-0.2, -0.15) is 0 Å². The summed E-state index contributed by atoms with van der Waals surface area (Å²) in [5.41, 5.74) is 10.5. The number of hydrogen-bond acceptors (Lipinski definition) is 4. The number of aryl methyl sites for hydroxylation is 5. The fourth-order valence-corrected chi connectivity index (χ4v) is 8.41. The minimum atomic E-state index is -0.700. The van der Waals surface area contributed by atoms with Gasteiger partial charge >= 0.3 is 0 Å². The second kappa shape index (κ2) is 14.4. The van der Waals surface area contributed by atoms with Crippen molar-refractivity contribution in [3.63, 3.8) is 0 Å². The van der Waals surface area contributed by atoms with Crippen molar-refractivity contribution in [3.05, 3.63) is 115 Å². The first-order valence-electron chi connectivity index (χ1n) is 19.5. The second-order valence-electron chi connectivity index (χ2n) is 20.0. The lowest BCUT2D eigenvalue weighted by atomic mass is 9.61. The van der Waals surface area contributed by atoms with E-state index in [9.17, 15) is 20.4 Å². The van der Waals surface area contributed by atoms with Gasteiger partial charge in [0.2, 0.25) is 0 Å². The zero-order chi connectivity index (χ0) is 40.2. The van der Waals surface area contributed by atoms with Crippen molar-refractivity contribution in [1.29, 1.82) is 0 Å². The lowest BCUT2D eigenvalue weighted by molar-refractivity contribution is 0.437. The molecule has 0 aliphatic heterocycles. The Morgan fingerprint density at radius 3 is 0.943 bits per heavy atom. The van der Waals surface area contributed by atoms with E-state index in [4.69, 9.17) is 0 Å². The highest BCUT2D eigenvalue weighted by Crippen LogP contribution is 2.52. The van der Waals surface area contributed by atoms with Crippen LogP contribution in [0, 0.1) is 27.7 Å². The molecule has 0 saturated heterocycles. The Balaban J connectivity index is 2.12. The van der Waals surface area contributed by atoms with Crippen LogP contribution >= 0.6 is 0 Å². The molecular weight excluding hydrogens is 653 g/mol. The molecule has 0 aliphatic carbocycles. The maximum Gasteiger partial charge on any atom is 0.119 e. The zero-order valence-electron chi connectivity index (χ0n) is 35.7. The van der Waals surface area contributed by atoms with E-state index < -0.39 is 5.41 Å². The second-order valence-corrected chi connectivity index (χ2v) is 20.0. The minimum absolute atomic E-state index is 0.175. The van der Waals surface area contributed by atoms with Crippen LogP contribution in [-0.2, 0) is 33.5 Å². The van der Waals surface area contributed by atoms with Crippen LogP contribution < -0.4 is 0 Å². The zero-order valence-corrected chi connectivity index (χ0v) is 35.7. The molecule has 4 aromatic carbocycles. The third-order valence-corrected chi connectivity index (χ3v) is 11.3.